The zero-order valence-corrected chi connectivity index (χ0v) is 40.0. The molecule has 0 amide bonds. The van der Waals surface area contributed by atoms with Crippen molar-refractivity contribution in [2.75, 3.05) is 0 Å². The number of hydrogen-bond donors (Lipinski definition) is 0. The molecule has 4 nitrogen and oxygen atoms in total. The highest BCUT2D eigenvalue weighted by molar-refractivity contribution is 6.30. The Bertz CT molecular complexity index is 4080. The molecule has 5 aromatic carbocycles. The average molecular weight is 1080 g/mol. The van der Waals surface area contributed by atoms with Crippen LogP contribution in [0, 0.1) is 22.5 Å². The third kappa shape index (κ3) is 5.69. The maximum absolute atomic E-state index is 18.7. The number of alkyl halides is 15. The van der Waals surface area contributed by atoms with Crippen LogP contribution in [0.1, 0.15) is 128 Å². The minimum Gasteiger partial charge on any atom is -0.305 e. The van der Waals surface area contributed by atoms with Crippen molar-refractivity contribution >= 4 is 87.8 Å². The average Bonchev–Trinajstić information content (AvgIpc) is 3.97. The minimum absolute atomic E-state index is 0.00334. The summed E-state index contributed by atoms with van der Waals surface area (Å²) in [7, 11) is 0. The Morgan fingerprint density at radius 1 is 0.421 bits per heavy atom. The van der Waals surface area contributed by atoms with Gasteiger partial charge in [-0.2, -0.15) is 65.9 Å². The van der Waals surface area contributed by atoms with Crippen LogP contribution in [0.15, 0.2) is 48.5 Å². The van der Waals surface area contributed by atoms with E-state index in [4.69, 9.17) is 0 Å². The second-order valence-electron chi connectivity index (χ2n) is 23.1. The summed E-state index contributed by atoms with van der Waals surface area (Å²) in [5, 5.41) is -5.74. The Hall–Kier alpha value is -6.15. The maximum Gasteiger partial charge on any atom is 0.416 e. The van der Waals surface area contributed by atoms with Gasteiger partial charge in [0.15, 0.2) is 29.1 Å². The number of fused-ring (bicyclic) bond motifs is 16. The minimum atomic E-state index is -7.19. The second kappa shape index (κ2) is 13.9. The van der Waals surface area contributed by atoms with Crippen molar-refractivity contribution in [1.29, 1.82) is 0 Å². The van der Waals surface area contributed by atoms with Crippen molar-refractivity contribution in [3.63, 3.8) is 0 Å². The molecule has 398 valence electrons. The fraction of sp³-hybridized carbons (Fsp3) is 0.418. The van der Waals surface area contributed by atoms with Gasteiger partial charge in [-0.25, -0.2) is 8.78 Å². The number of benzene rings is 5. The van der Waals surface area contributed by atoms with E-state index in [1.165, 1.54) is 18.2 Å². The molecule has 0 atom stereocenters. The van der Waals surface area contributed by atoms with Crippen molar-refractivity contribution in [2.24, 2.45) is 10.8 Å². The number of hydrogen-bond acceptors (Lipinski definition) is 2. The molecule has 6 aliphatic rings. The first kappa shape index (κ1) is 49.4. The van der Waals surface area contributed by atoms with E-state index in [1.54, 1.807) is 20.8 Å². The number of Topliss-reactive ketones (excluding diaryl/α,β-unsaturated/α-hetero) is 2. The number of nitrogens with zero attached hydrogens (tertiary/aromatic N) is 2. The predicted octanol–water partition coefficient (Wildman–Crippen LogP) is 17.5. The van der Waals surface area contributed by atoms with Crippen LogP contribution in [-0.2, 0) is 16.2 Å². The second-order valence-corrected chi connectivity index (χ2v) is 23.1. The molecule has 4 bridgehead atoms. The van der Waals surface area contributed by atoms with E-state index in [-0.39, 0.29) is 50.6 Å². The molecule has 4 aromatic heterocycles. The first-order valence-electron chi connectivity index (χ1n) is 24.3. The topological polar surface area (TPSA) is 43.0 Å². The zero-order chi connectivity index (χ0) is 54.9. The van der Waals surface area contributed by atoms with Crippen LogP contribution in [0.5, 0.6) is 0 Å². The molecule has 0 unspecified atom stereocenters. The number of rotatable bonds is 2. The molecule has 0 aliphatic heterocycles. The van der Waals surface area contributed by atoms with Crippen LogP contribution in [-0.4, -0.2) is 51.2 Å². The highest BCUT2D eigenvalue weighted by Crippen LogP contribution is 2.63. The monoisotopic (exact) mass is 1080 g/mol. The van der Waals surface area contributed by atoms with Gasteiger partial charge in [-0.3, -0.25) is 9.59 Å². The number of carbonyl (C=O) groups excluding carboxylic acids is 2. The first-order valence-corrected chi connectivity index (χ1v) is 24.3. The molecule has 0 saturated heterocycles. The van der Waals surface area contributed by atoms with Crippen LogP contribution in [0.3, 0.4) is 0 Å². The maximum atomic E-state index is 18.7. The molecule has 4 heterocycles. The molecular weight excluding hydrogens is 1040 g/mol. The van der Waals surface area contributed by atoms with Crippen LogP contribution < -0.4 is 0 Å². The SMILES string of the molecule is CC12CCC(C)(CC1)c1cc3c4cc(C(C(F)(F)F)C(F)(F)F)cc5c6c(F)c7c(c(F)c6n(c3cc1C2=O)c45)c1cc(C(C(F)(F)F)(C(F)(F)F)C(F)(F)F)cc2c3cc4c(cc3n7c21)C(=O)C1(C)CCC4(C)CC1. The van der Waals surface area contributed by atoms with E-state index in [0.29, 0.717) is 69.1 Å². The summed E-state index contributed by atoms with van der Waals surface area (Å²) in [5.41, 5.74) is -17.3. The van der Waals surface area contributed by atoms with Crippen LogP contribution >= 0.6 is 0 Å². The van der Waals surface area contributed by atoms with Gasteiger partial charge in [0, 0.05) is 65.0 Å². The molecule has 15 rings (SSSR count). The molecule has 21 heteroatoms. The van der Waals surface area contributed by atoms with Crippen LogP contribution in [0.2, 0.25) is 0 Å². The Morgan fingerprint density at radius 3 is 1.12 bits per heavy atom. The van der Waals surface area contributed by atoms with E-state index >= 15 is 48.3 Å². The van der Waals surface area contributed by atoms with Crippen molar-refractivity contribution in [1.82, 2.24) is 8.80 Å². The van der Waals surface area contributed by atoms with Gasteiger partial charge in [0.2, 0.25) is 0 Å². The highest BCUT2D eigenvalue weighted by atomic mass is 19.4. The van der Waals surface area contributed by atoms with E-state index in [9.17, 15) is 35.9 Å². The number of aromatic nitrogens is 2. The molecular formula is C55H37F17N2O2. The number of ketones is 2. The fourth-order valence-electron chi connectivity index (χ4n) is 14.5. The van der Waals surface area contributed by atoms with Gasteiger partial charge in [-0.1, -0.05) is 27.7 Å². The third-order valence-corrected chi connectivity index (χ3v) is 18.8. The fourth-order valence-corrected chi connectivity index (χ4v) is 14.5. The molecule has 2 fully saturated rings. The van der Waals surface area contributed by atoms with Gasteiger partial charge >= 0.3 is 30.9 Å². The van der Waals surface area contributed by atoms with Crippen LogP contribution in [0.4, 0.5) is 74.6 Å². The Kier molecular flexibility index (Phi) is 9.06. The van der Waals surface area contributed by atoms with Crippen LogP contribution in [0.25, 0.3) is 76.2 Å². The van der Waals surface area contributed by atoms with E-state index in [2.05, 4.69) is 0 Å². The molecule has 76 heavy (non-hydrogen) atoms. The summed E-state index contributed by atoms with van der Waals surface area (Å²) in [6.45, 7) is 6.97. The predicted molar refractivity (Wildman–Crippen MR) is 247 cm³/mol. The quantitative estimate of drug-likeness (QED) is 0.162. The van der Waals surface area contributed by atoms with Crippen molar-refractivity contribution in [3.8, 4) is 0 Å². The van der Waals surface area contributed by atoms with Gasteiger partial charge in [0.05, 0.1) is 33.1 Å². The normalized spacial score (nSPS) is 25.1. The molecule has 0 spiro atoms. The lowest BCUT2D eigenvalue weighted by Crippen LogP contribution is -2.63. The lowest BCUT2D eigenvalue weighted by molar-refractivity contribution is -0.387. The summed E-state index contributed by atoms with van der Waals surface area (Å²) in [6, 6.07) is 5.83. The summed E-state index contributed by atoms with van der Waals surface area (Å²) < 4.78 is 264. The third-order valence-electron chi connectivity index (χ3n) is 18.8. The van der Waals surface area contributed by atoms with Gasteiger partial charge in [0.25, 0.3) is 5.41 Å². The number of halogens is 17. The summed E-state index contributed by atoms with van der Waals surface area (Å²) >= 11 is 0. The number of carbonyl (C=O) groups is 2. The molecule has 0 radical (unpaired) electrons. The van der Waals surface area contributed by atoms with Gasteiger partial charge < -0.3 is 8.80 Å². The van der Waals surface area contributed by atoms with Crippen molar-refractivity contribution in [2.45, 2.75) is 132 Å². The zero-order valence-electron chi connectivity index (χ0n) is 40.0. The van der Waals surface area contributed by atoms with Gasteiger partial charge in [-0.05, 0) is 133 Å². The summed E-state index contributed by atoms with van der Waals surface area (Å²) in [4.78, 5) is 29.0. The first-order chi connectivity index (χ1) is 34.9. The molecule has 9 aromatic rings. The molecule has 2 saturated carbocycles. The summed E-state index contributed by atoms with van der Waals surface area (Å²) in [5.74, 6) is -8.53. The highest BCUT2D eigenvalue weighted by Gasteiger charge is 2.84. The Labute approximate surface area is 416 Å². The van der Waals surface area contributed by atoms with Crippen molar-refractivity contribution < 1.29 is 84.2 Å². The largest absolute Gasteiger partial charge is 0.416 e. The lowest BCUT2D eigenvalue weighted by Gasteiger charge is -2.39. The van der Waals surface area contributed by atoms with Gasteiger partial charge in [-0.15, -0.1) is 0 Å². The Morgan fingerprint density at radius 2 is 0.750 bits per heavy atom. The molecule has 0 N–H and O–H groups in total. The smallest absolute Gasteiger partial charge is 0.305 e. The standard InChI is InChI=1S/C55H37F17N2O2/c1-46-5-9-48(3,10-6-46)44(75)27-19-33-23(17-31(27)46)25-13-21(43(51(58,59)60)52(61,62)63)14-29-35-37(56)42-36(38(57)41(35)73(33)39(25)29)30-16-22(50(53(64,65)66,54(67,68)69)55(70,71)72)15-26-24-18-32-28(20-34(24)74(42)40(26)30)45(76)49(4)11-7-47(32,2)8-12-49/h13-20,43H,5-12H2,1-4H3. The summed E-state index contributed by atoms with van der Waals surface area (Å²) in [6.07, 6.45) is -30.7. The van der Waals surface area contributed by atoms with Gasteiger partial charge in [0.1, 0.15) is 0 Å². The van der Waals surface area contributed by atoms with E-state index in [1.807, 2.05) is 6.92 Å². The lowest BCUT2D eigenvalue weighted by atomic mass is 9.65. The van der Waals surface area contributed by atoms with E-state index < -0.39 is 153 Å². The Balaban J connectivity index is 1.28. The van der Waals surface area contributed by atoms with E-state index in [0.717, 1.165) is 14.9 Å². The molecule has 6 aliphatic carbocycles. The van der Waals surface area contributed by atoms with Crippen molar-refractivity contribution in [3.05, 3.63) is 93.5 Å².